The van der Waals surface area contributed by atoms with Gasteiger partial charge in [-0.1, -0.05) is 13.3 Å². The molecule has 10 heavy (non-hydrogen) atoms. The Balaban J connectivity index is 3.81. The zero-order chi connectivity index (χ0) is 8.20. The van der Waals surface area contributed by atoms with E-state index in [0.717, 1.165) is 12.8 Å². The second kappa shape index (κ2) is 4.83. The van der Waals surface area contributed by atoms with E-state index in [1.807, 2.05) is 6.92 Å². The second-order valence-electron chi connectivity index (χ2n) is 2.22. The zero-order valence-electron chi connectivity index (χ0n) is 5.91. The molecule has 0 fully saturated rings. The van der Waals surface area contributed by atoms with Crippen molar-refractivity contribution in [2.24, 2.45) is 5.73 Å². The summed E-state index contributed by atoms with van der Waals surface area (Å²) in [4.78, 5) is 0. The lowest BCUT2D eigenvalue weighted by molar-refractivity contribution is 0.717. The third-order valence-corrected chi connectivity index (χ3v) is 5.87. The van der Waals surface area contributed by atoms with Crippen LogP contribution in [-0.4, -0.2) is 12.5 Å². The maximum absolute atomic E-state index is 5.79. The molecule has 0 saturated carbocycles. The molecule has 5 heteroatoms. The van der Waals surface area contributed by atoms with E-state index >= 15 is 0 Å². The zero-order valence-corrected chi connectivity index (χ0v) is 9.18. The Morgan fingerprint density at radius 1 is 1.40 bits per heavy atom. The van der Waals surface area contributed by atoms with Gasteiger partial charge in [-0.2, -0.15) is 0 Å². The smallest absolute Gasteiger partial charge is 0.330 e. The van der Waals surface area contributed by atoms with Crippen LogP contribution in [0.25, 0.3) is 0 Å². The third-order valence-electron chi connectivity index (χ3n) is 1.47. The van der Waals surface area contributed by atoms with Gasteiger partial charge in [-0.15, -0.1) is 33.2 Å². The molecule has 2 N–H and O–H groups in total. The van der Waals surface area contributed by atoms with Gasteiger partial charge in [0.1, 0.15) is 0 Å². The Hall–Kier alpha value is 1.05. The molecule has 0 radical (unpaired) electrons. The molecule has 1 nitrogen and oxygen atoms in total. The Morgan fingerprint density at radius 2 is 1.90 bits per heavy atom. The van der Waals surface area contributed by atoms with Crippen LogP contribution >= 0.6 is 33.2 Å². The Kier molecular flexibility index (Phi) is 5.34. The average molecular weight is 221 g/mol. The van der Waals surface area contributed by atoms with Crippen molar-refractivity contribution < 1.29 is 0 Å². The summed E-state index contributed by atoms with van der Waals surface area (Å²) in [6, 6.07) is -2.47. The molecular formula is C5H12Cl3NSi. The van der Waals surface area contributed by atoms with E-state index in [1.165, 1.54) is 0 Å². The molecule has 0 aromatic rings. The summed E-state index contributed by atoms with van der Waals surface area (Å²) >= 11 is 17.4. The van der Waals surface area contributed by atoms with Crippen LogP contribution in [0.1, 0.15) is 19.8 Å². The number of hydrogen-bond donors (Lipinski definition) is 1. The topological polar surface area (TPSA) is 26.0 Å². The first-order chi connectivity index (χ1) is 4.52. The van der Waals surface area contributed by atoms with Gasteiger partial charge < -0.3 is 5.73 Å². The molecule has 1 atom stereocenters. The van der Waals surface area contributed by atoms with E-state index in [4.69, 9.17) is 39.0 Å². The van der Waals surface area contributed by atoms with Crippen molar-refractivity contribution in [1.29, 1.82) is 0 Å². The average Bonchev–Trinajstić information content (AvgIpc) is 1.80. The normalized spacial score (nSPS) is 15.3. The fraction of sp³-hybridized carbons (Fsp3) is 1.00. The lowest BCUT2D eigenvalue weighted by atomic mass is 10.2. The van der Waals surface area contributed by atoms with Crippen LogP contribution < -0.4 is 5.73 Å². The summed E-state index contributed by atoms with van der Waals surface area (Å²) in [5, 5.41) is 0. The fourth-order valence-electron chi connectivity index (χ4n) is 0.800. The van der Waals surface area contributed by atoms with Gasteiger partial charge in [0.25, 0.3) is 0 Å². The van der Waals surface area contributed by atoms with Gasteiger partial charge in [0.05, 0.1) is 0 Å². The molecule has 0 aliphatic heterocycles. The third kappa shape index (κ3) is 4.04. The minimum atomic E-state index is -2.47. The molecule has 1 unspecified atom stereocenters. The van der Waals surface area contributed by atoms with E-state index in [1.54, 1.807) is 0 Å². The highest BCUT2D eigenvalue weighted by Gasteiger charge is 2.34. The standard InChI is InChI=1S/C5H12Cl3NSi/c1-2-5(3-4-9)10(6,7)8/h5H,2-4,9H2,1H3. The largest absolute Gasteiger partial charge is 0.344 e. The lowest BCUT2D eigenvalue weighted by Gasteiger charge is -2.19. The van der Waals surface area contributed by atoms with Crippen LogP contribution in [0.5, 0.6) is 0 Å². The van der Waals surface area contributed by atoms with Crippen LogP contribution in [0.3, 0.4) is 0 Å². The molecule has 0 saturated heterocycles. The van der Waals surface area contributed by atoms with Gasteiger partial charge in [0, 0.05) is 0 Å². The lowest BCUT2D eigenvalue weighted by Crippen LogP contribution is -2.21. The van der Waals surface area contributed by atoms with Gasteiger partial charge >= 0.3 is 6.00 Å². The van der Waals surface area contributed by atoms with Crippen LogP contribution in [0.4, 0.5) is 0 Å². The van der Waals surface area contributed by atoms with Gasteiger partial charge in [0.15, 0.2) is 0 Å². The molecular weight excluding hydrogens is 209 g/mol. The second-order valence-corrected chi connectivity index (χ2v) is 11.2. The van der Waals surface area contributed by atoms with Crippen LogP contribution in [0, 0.1) is 0 Å². The van der Waals surface area contributed by atoms with Crippen molar-refractivity contribution in [2.75, 3.05) is 6.54 Å². The van der Waals surface area contributed by atoms with E-state index in [9.17, 15) is 0 Å². The first-order valence-electron chi connectivity index (χ1n) is 3.29. The van der Waals surface area contributed by atoms with E-state index in [-0.39, 0.29) is 5.54 Å². The van der Waals surface area contributed by atoms with Crippen molar-refractivity contribution in [1.82, 2.24) is 0 Å². The molecule has 0 bridgehead atoms. The summed E-state index contributed by atoms with van der Waals surface area (Å²) < 4.78 is 0. The van der Waals surface area contributed by atoms with Gasteiger partial charge in [-0.3, -0.25) is 0 Å². The first-order valence-corrected chi connectivity index (χ1v) is 8.40. The summed E-state index contributed by atoms with van der Waals surface area (Å²) in [6.45, 7) is 2.63. The molecule has 0 heterocycles. The molecule has 0 aromatic heterocycles. The number of halogens is 3. The quantitative estimate of drug-likeness (QED) is 0.572. The monoisotopic (exact) mass is 219 g/mol. The predicted octanol–water partition coefficient (Wildman–Crippen LogP) is 2.77. The molecule has 62 valence electrons. The molecule has 0 aliphatic carbocycles. The maximum atomic E-state index is 5.79. The molecule has 0 rings (SSSR count). The first kappa shape index (κ1) is 11.0. The number of nitrogens with two attached hydrogens (primary N) is 1. The predicted molar refractivity (Wildman–Crippen MR) is 51.0 cm³/mol. The van der Waals surface area contributed by atoms with Gasteiger partial charge in [-0.25, -0.2) is 0 Å². The molecule has 0 aromatic carbocycles. The van der Waals surface area contributed by atoms with E-state index in [0.29, 0.717) is 6.54 Å². The summed E-state index contributed by atoms with van der Waals surface area (Å²) in [5.74, 6) is 0. The van der Waals surface area contributed by atoms with Crippen molar-refractivity contribution in [3.63, 3.8) is 0 Å². The summed E-state index contributed by atoms with van der Waals surface area (Å²) in [6.07, 6.45) is 1.75. The Bertz CT molecular complexity index is 93.4. The van der Waals surface area contributed by atoms with Gasteiger partial charge in [-0.05, 0) is 18.5 Å². The van der Waals surface area contributed by atoms with Crippen LogP contribution in [-0.2, 0) is 0 Å². The van der Waals surface area contributed by atoms with Crippen molar-refractivity contribution in [3.8, 4) is 0 Å². The highest BCUT2D eigenvalue weighted by atomic mass is 35.8. The van der Waals surface area contributed by atoms with Crippen molar-refractivity contribution in [2.45, 2.75) is 25.3 Å². The van der Waals surface area contributed by atoms with Crippen LogP contribution in [0.2, 0.25) is 5.54 Å². The summed E-state index contributed by atoms with van der Waals surface area (Å²) in [7, 11) is 0. The molecule has 0 aliphatic rings. The minimum absolute atomic E-state index is 0.225. The SMILES string of the molecule is CCC(CCN)[Si](Cl)(Cl)Cl. The molecule has 0 amide bonds. The van der Waals surface area contributed by atoms with E-state index < -0.39 is 6.00 Å². The Morgan fingerprint density at radius 3 is 2.00 bits per heavy atom. The van der Waals surface area contributed by atoms with Crippen LogP contribution in [0.15, 0.2) is 0 Å². The Labute approximate surface area is 76.9 Å². The number of hydrogen-bond acceptors (Lipinski definition) is 1. The van der Waals surface area contributed by atoms with Crippen molar-refractivity contribution >= 4 is 39.2 Å². The van der Waals surface area contributed by atoms with Gasteiger partial charge in [0.2, 0.25) is 0 Å². The maximum Gasteiger partial charge on any atom is 0.344 e. The highest BCUT2D eigenvalue weighted by molar-refractivity contribution is 7.65. The van der Waals surface area contributed by atoms with Crippen molar-refractivity contribution in [3.05, 3.63) is 0 Å². The number of rotatable bonds is 4. The highest BCUT2D eigenvalue weighted by Crippen LogP contribution is 2.38. The summed E-state index contributed by atoms with van der Waals surface area (Å²) in [5.41, 5.74) is 5.57. The minimum Gasteiger partial charge on any atom is -0.330 e. The fourth-order valence-corrected chi connectivity index (χ4v) is 4.13. The molecule has 0 spiro atoms. The van der Waals surface area contributed by atoms with E-state index in [2.05, 4.69) is 0 Å².